The Labute approximate surface area is 114 Å². The van der Waals surface area contributed by atoms with Crippen LogP contribution in [-0.2, 0) is 0 Å². The van der Waals surface area contributed by atoms with E-state index < -0.39 is 0 Å². The van der Waals surface area contributed by atoms with Crippen LogP contribution < -0.4 is 5.32 Å². The van der Waals surface area contributed by atoms with Gasteiger partial charge < -0.3 is 10.2 Å². The summed E-state index contributed by atoms with van der Waals surface area (Å²) in [6.45, 7) is 8.90. The van der Waals surface area contributed by atoms with Crippen molar-refractivity contribution in [2.75, 3.05) is 32.7 Å². The van der Waals surface area contributed by atoms with E-state index >= 15 is 0 Å². The van der Waals surface area contributed by atoms with E-state index in [1.165, 1.54) is 90.5 Å². The smallest absolute Gasteiger partial charge is 0.00502 e. The van der Waals surface area contributed by atoms with Crippen molar-refractivity contribution in [3.05, 3.63) is 0 Å². The highest BCUT2D eigenvalue weighted by molar-refractivity contribution is 4.91. The summed E-state index contributed by atoms with van der Waals surface area (Å²) < 4.78 is 0. The van der Waals surface area contributed by atoms with Crippen LogP contribution in [0.2, 0.25) is 0 Å². The number of unbranched alkanes of at least 4 members (excludes halogenated alkanes) is 4. The summed E-state index contributed by atoms with van der Waals surface area (Å²) in [5.74, 6) is 0. The molecule has 0 aliphatic carbocycles. The molecule has 1 atom stereocenters. The number of nitrogens with zero attached hydrogens (tertiary/aromatic N) is 1. The van der Waals surface area contributed by atoms with Gasteiger partial charge in [0.1, 0.15) is 0 Å². The van der Waals surface area contributed by atoms with Crippen molar-refractivity contribution in [1.82, 2.24) is 10.2 Å². The molecule has 0 amide bonds. The molecule has 2 rings (SSSR count). The third-order valence-corrected chi connectivity index (χ3v) is 4.88. The third kappa shape index (κ3) is 4.24. The van der Waals surface area contributed by atoms with Crippen molar-refractivity contribution < 1.29 is 0 Å². The zero-order chi connectivity index (χ0) is 12.7. The second kappa shape index (κ2) is 7.49. The Morgan fingerprint density at radius 2 is 1.89 bits per heavy atom. The molecule has 0 aromatic rings. The van der Waals surface area contributed by atoms with E-state index in [4.69, 9.17) is 0 Å². The van der Waals surface area contributed by atoms with Gasteiger partial charge in [0.2, 0.25) is 0 Å². The van der Waals surface area contributed by atoms with Crippen LogP contribution >= 0.6 is 0 Å². The van der Waals surface area contributed by atoms with Gasteiger partial charge in [0.15, 0.2) is 0 Å². The van der Waals surface area contributed by atoms with Crippen molar-refractivity contribution in [3.63, 3.8) is 0 Å². The van der Waals surface area contributed by atoms with Gasteiger partial charge in [0.05, 0.1) is 0 Å². The molecule has 2 saturated heterocycles. The van der Waals surface area contributed by atoms with Crippen LogP contribution in [0, 0.1) is 5.41 Å². The molecule has 2 aliphatic heterocycles. The largest absolute Gasteiger partial charge is 0.316 e. The first-order chi connectivity index (χ1) is 8.85. The minimum atomic E-state index is 0.639. The lowest BCUT2D eigenvalue weighted by Crippen LogP contribution is -2.51. The van der Waals surface area contributed by atoms with Gasteiger partial charge in [-0.05, 0) is 57.2 Å². The number of hydrogen-bond acceptors (Lipinski definition) is 2. The molecule has 2 fully saturated rings. The number of hydrogen-bond donors (Lipinski definition) is 1. The van der Waals surface area contributed by atoms with Gasteiger partial charge in [-0.25, -0.2) is 0 Å². The fraction of sp³-hybridized carbons (Fsp3) is 1.00. The van der Waals surface area contributed by atoms with Crippen LogP contribution in [0.3, 0.4) is 0 Å². The second-order valence-electron chi connectivity index (χ2n) is 6.57. The van der Waals surface area contributed by atoms with Crippen molar-refractivity contribution in [2.45, 2.75) is 64.7 Å². The molecule has 2 heteroatoms. The molecule has 0 radical (unpaired) electrons. The summed E-state index contributed by atoms with van der Waals surface area (Å²) in [4.78, 5) is 2.75. The van der Waals surface area contributed by atoms with Gasteiger partial charge in [-0.3, -0.25) is 0 Å². The van der Waals surface area contributed by atoms with E-state index in [1.807, 2.05) is 0 Å². The van der Waals surface area contributed by atoms with Gasteiger partial charge in [-0.2, -0.15) is 0 Å². The topological polar surface area (TPSA) is 15.3 Å². The predicted molar refractivity (Wildman–Crippen MR) is 79.0 cm³/mol. The zero-order valence-electron chi connectivity index (χ0n) is 12.3. The van der Waals surface area contributed by atoms with E-state index in [0.717, 1.165) is 0 Å². The van der Waals surface area contributed by atoms with Gasteiger partial charge in [0, 0.05) is 13.1 Å². The second-order valence-corrected chi connectivity index (χ2v) is 6.57. The summed E-state index contributed by atoms with van der Waals surface area (Å²) in [6.07, 6.45) is 12.8. The molecule has 1 spiro atoms. The lowest BCUT2D eigenvalue weighted by molar-refractivity contribution is 0.0636. The Hall–Kier alpha value is -0.0800. The van der Waals surface area contributed by atoms with E-state index in [0.29, 0.717) is 5.41 Å². The number of nitrogens with one attached hydrogen (secondary N) is 1. The molecule has 0 saturated carbocycles. The minimum absolute atomic E-state index is 0.639. The highest BCUT2D eigenvalue weighted by Gasteiger charge is 2.35. The fourth-order valence-corrected chi connectivity index (χ4v) is 3.82. The number of rotatable bonds is 6. The van der Waals surface area contributed by atoms with Gasteiger partial charge >= 0.3 is 0 Å². The first kappa shape index (κ1) is 14.3. The van der Waals surface area contributed by atoms with Crippen molar-refractivity contribution in [2.24, 2.45) is 5.41 Å². The van der Waals surface area contributed by atoms with E-state index in [2.05, 4.69) is 17.1 Å². The minimum Gasteiger partial charge on any atom is -0.316 e. The molecule has 0 bridgehead atoms. The van der Waals surface area contributed by atoms with E-state index in [1.54, 1.807) is 0 Å². The fourth-order valence-electron chi connectivity index (χ4n) is 3.82. The average molecular weight is 252 g/mol. The Bertz CT molecular complexity index is 216. The third-order valence-electron chi connectivity index (χ3n) is 4.88. The Kier molecular flexibility index (Phi) is 5.97. The van der Waals surface area contributed by atoms with Gasteiger partial charge in [0.25, 0.3) is 0 Å². The van der Waals surface area contributed by atoms with E-state index in [9.17, 15) is 0 Å². The van der Waals surface area contributed by atoms with Crippen molar-refractivity contribution in [3.8, 4) is 0 Å². The summed E-state index contributed by atoms with van der Waals surface area (Å²) in [5, 5.41) is 3.62. The molecule has 2 nitrogen and oxygen atoms in total. The molecule has 0 aromatic carbocycles. The summed E-state index contributed by atoms with van der Waals surface area (Å²) >= 11 is 0. The molecule has 1 unspecified atom stereocenters. The lowest BCUT2D eigenvalue weighted by atomic mass is 9.74. The van der Waals surface area contributed by atoms with Crippen LogP contribution in [0.5, 0.6) is 0 Å². The maximum Gasteiger partial charge on any atom is 0.00502 e. The number of likely N-dealkylation sites (tertiary alicyclic amines) is 1. The van der Waals surface area contributed by atoms with Crippen LogP contribution in [0.25, 0.3) is 0 Å². The van der Waals surface area contributed by atoms with Crippen molar-refractivity contribution >= 4 is 0 Å². The molecule has 0 aromatic heterocycles. The van der Waals surface area contributed by atoms with Gasteiger partial charge in [-0.15, -0.1) is 0 Å². The normalized spacial score (nSPS) is 29.8. The highest BCUT2D eigenvalue weighted by atomic mass is 15.1. The molecular weight excluding hydrogens is 220 g/mol. The molecule has 2 heterocycles. The summed E-state index contributed by atoms with van der Waals surface area (Å²) in [5.41, 5.74) is 0.639. The van der Waals surface area contributed by atoms with Crippen molar-refractivity contribution in [1.29, 1.82) is 0 Å². The predicted octanol–water partition coefficient (Wildman–Crippen LogP) is 3.42. The lowest BCUT2D eigenvalue weighted by Gasteiger charge is -2.45. The summed E-state index contributed by atoms with van der Waals surface area (Å²) in [7, 11) is 0. The highest BCUT2D eigenvalue weighted by Crippen LogP contribution is 2.35. The first-order valence-electron chi connectivity index (χ1n) is 8.28. The molecule has 106 valence electrons. The maximum absolute atomic E-state index is 3.62. The molecule has 2 aliphatic rings. The SMILES string of the molecule is CCCCCCCN1CCCC2(CCCNC2)C1. The monoisotopic (exact) mass is 252 g/mol. The van der Waals surface area contributed by atoms with Gasteiger partial charge in [-0.1, -0.05) is 32.6 Å². The molecule has 18 heavy (non-hydrogen) atoms. The standard InChI is InChI=1S/C16H32N2/c1-2-3-4-5-6-12-18-13-8-10-16(15-18)9-7-11-17-14-16/h17H,2-15H2,1H3. The van der Waals surface area contributed by atoms with Crippen LogP contribution in [0.1, 0.15) is 64.7 Å². The molecule has 1 N–H and O–H groups in total. The average Bonchev–Trinajstić information content (AvgIpc) is 2.40. The number of piperidine rings is 2. The zero-order valence-corrected chi connectivity index (χ0v) is 12.3. The van der Waals surface area contributed by atoms with Crippen LogP contribution in [0.4, 0.5) is 0 Å². The maximum atomic E-state index is 3.62. The Morgan fingerprint density at radius 1 is 1.06 bits per heavy atom. The molecular formula is C16H32N2. The van der Waals surface area contributed by atoms with Crippen LogP contribution in [-0.4, -0.2) is 37.6 Å². The van der Waals surface area contributed by atoms with E-state index in [-0.39, 0.29) is 0 Å². The quantitative estimate of drug-likeness (QED) is 0.729. The Balaban J connectivity index is 1.66. The summed E-state index contributed by atoms with van der Waals surface area (Å²) in [6, 6.07) is 0. The first-order valence-corrected chi connectivity index (χ1v) is 8.28. The Morgan fingerprint density at radius 3 is 2.67 bits per heavy atom. The van der Waals surface area contributed by atoms with Crippen LogP contribution in [0.15, 0.2) is 0 Å².